The van der Waals surface area contributed by atoms with E-state index in [0.717, 1.165) is 12.8 Å². The Balaban J connectivity index is 2.62. The summed E-state index contributed by atoms with van der Waals surface area (Å²) in [5, 5.41) is 8.65. The SMILES string of the molecule is CC1CCCC(=O)N1C(C)CC(=O)O. The average molecular weight is 199 g/mol. The Bertz CT molecular complexity index is 240. The molecular formula is C10H17NO3. The van der Waals surface area contributed by atoms with E-state index in [1.54, 1.807) is 11.8 Å². The molecule has 0 aromatic carbocycles. The van der Waals surface area contributed by atoms with Crippen LogP contribution in [0.3, 0.4) is 0 Å². The number of carboxylic acids is 1. The molecule has 1 aliphatic rings. The van der Waals surface area contributed by atoms with Crippen molar-refractivity contribution in [3.8, 4) is 0 Å². The summed E-state index contributed by atoms with van der Waals surface area (Å²) >= 11 is 0. The first-order valence-corrected chi connectivity index (χ1v) is 5.05. The van der Waals surface area contributed by atoms with Crippen molar-refractivity contribution in [2.75, 3.05) is 0 Å². The van der Waals surface area contributed by atoms with Crippen molar-refractivity contribution >= 4 is 11.9 Å². The molecule has 0 spiro atoms. The molecule has 1 amide bonds. The van der Waals surface area contributed by atoms with Crippen molar-refractivity contribution in [1.29, 1.82) is 0 Å². The van der Waals surface area contributed by atoms with Crippen LogP contribution in [0.1, 0.15) is 39.5 Å². The fourth-order valence-corrected chi connectivity index (χ4v) is 2.09. The summed E-state index contributed by atoms with van der Waals surface area (Å²) in [6, 6.07) is 0.000833. The van der Waals surface area contributed by atoms with Crippen molar-refractivity contribution in [3.05, 3.63) is 0 Å². The van der Waals surface area contributed by atoms with Crippen molar-refractivity contribution < 1.29 is 14.7 Å². The Kier molecular flexibility index (Phi) is 3.49. The summed E-state index contributed by atoms with van der Waals surface area (Å²) in [5.41, 5.74) is 0. The molecule has 1 heterocycles. The van der Waals surface area contributed by atoms with E-state index >= 15 is 0 Å². The maximum atomic E-state index is 11.6. The fraction of sp³-hybridized carbons (Fsp3) is 0.800. The van der Waals surface area contributed by atoms with Gasteiger partial charge in [-0.15, -0.1) is 0 Å². The minimum Gasteiger partial charge on any atom is -0.481 e. The monoisotopic (exact) mass is 199 g/mol. The highest BCUT2D eigenvalue weighted by molar-refractivity contribution is 5.78. The Morgan fingerprint density at radius 3 is 2.86 bits per heavy atom. The fourth-order valence-electron chi connectivity index (χ4n) is 2.09. The first kappa shape index (κ1) is 11.0. The van der Waals surface area contributed by atoms with E-state index in [4.69, 9.17) is 5.11 Å². The summed E-state index contributed by atoms with van der Waals surface area (Å²) in [6.07, 6.45) is 2.51. The Morgan fingerprint density at radius 1 is 1.71 bits per heavy atom. The van der Waals surface area contributed by atoms with E-state index in [9.17, 15) is 9.59 Å². The van der Waals surface area contributed by atoms with E-state index in [1.165, 1.54) is 0 Å². The number of carboxylic acid groups (broad SMARTS) is 1. The summed E-state index contributed by atoms with van der Waals surface area (Å²) in [5.74, 6) is -0.749. The van der Waals surface area contributed by atoms with E-state index in [-0.39, 0.29) is 24.4 Å². The molecule has 4 nitrogen and oxygen atoms in total. The van der Waals surface area contributed by atoms with Crippen LogP contribution in [-0.4, -0.2) is 34.0 Å². The number of aliphatic carboxylic acids is 1. The van der Waals surface area contributed by atoms with Gasteiger partial charge >= 0.3 is 5.97 Å². The van der Waals surface area contributed by atoms with Crippen LogP contribution in [0.4, 0.5) is 0 Å². The molecule has 0 bridgehead atoms. The minimum absolute atomic E-state index is 0.0378. The molecule has 14 heavy (non-hydrogen) atoms. The zero-order valence-electron chi connectivity index (χ0n) is 8.69. The number of carbonyl (C=O) groups is 2. The number of hydrogen-bond donors (Lipinski definition) is 1. The third-order valence-electron chi connectivity index (χ3n) is 2.72. The number of amides is 1. The second-order valence-corrected chi connectivity index (χ2v) is 3.99. The Morgan fingerprint density at radius 2 is 2.36 bits per heavy atom. The van der Waals surface area contributed by atoms with Crippen LogP contribution in [0.2, 0.25) is 0 Å². The maximum Gasteiger partial charge on any atom is 0.305 e. The van der Waals surface area contributed by atoms with Gasteiger partial charge in [-0.25, -0.2) is 0 Å². The highest BCUT2D eigenvalue weighted by Gasteiger charge is 2.29. The first-order valence-electron chi connectivity index (χ1n) is 5.05. The van der Waals surface area contributed by atoms with Gasteiger partial charge in [-0.3, -0.25) is 9.59 Å². The molecule has 0 aromatic rings. The lowest BCUT2D eigenvalue weighted by molar-refractivity contribution is -0.143. The molecule has 1 N–H and O–H groups in total. The molecule has 80 valence electrons. The predicted octanol–water partition coefficient (Wildman–Crippen LogP) is 1.25. The maximum absolute atomic E-state index is 11.6. The summed E-state index contributed by atoms with van der Waals surface area (Å²) in [6.45, 7) is 3.78. The van der Waals surface area contributed by atoms with Gasteiger partial charge in [-0.2, -0.15) is 0 Å². The molecule has 0 radical (unpaired) electrons. The average Bonchev–Trinajstić information content (AvgIpc) is 2.01. The summed E-state index contributed by atoms with van der Waals surface area (Å²) in [7, 11) is 0. The second kappa shape index (κ2) is 4.44. The van der Waals surface area contributed by atoms with E-state index in [1.807, 2.05) is 6.92 Å². The lowest BCUT2D eigenvalue weighted by Crippen LogP contribution is -2.47. The predicted molar refractivity (Wildman–Crippen MR) is 51.9 cm³/mol. The topological polar surface area (TPSA) is 57.6 Å². The molecule has 0 saturated carbocycles. The molecule has 1 saturated heterocycles. The van der Waals surface area contributed by atoms with Gasteiger partial charge in [0.25, 0.3) is 0 Å². The Labute approximate surface area is 83.9 Å². The van der Waals surface area contributed by atoms with Crippen LogP contribution in [0.5, 0.6) is 0 Å². The Hall–Kier alpha value is -1.06. The molecule has 2 unspecified atom stereocenters. The lowest BCUT2D eigenvalue weighted by atomic mass is 10.00. The van der Waals surface area contributed by atoms with Crippen molar-refractivity contribution in [1.82, 2.24) is 4.90 Å². The number of nitrogens with zero attached hydrogens (tertiary/aromatic N) is 1. The highest BCUT2D eigenvalue weighted by atomic mass is 16.4. The highest BCUT2D eigenvalue weighted by Crippen LogP contribution is 2.21. The molecule has 0 aliphatic carbocycles. The van der Waals surface area contributed by atoms with Gasteiger partial charge in [-0.1, -0.05) is 0 Å². The van der Waals surface area contributed by atoms with Gasteiger partial charge in [0.2, 0.25) is 5.91 Å². The lowest BCUT2D eigenvalue weighted by Gasteiger charge is -2.37. The van der Waals surface area contributed by atoms with Crippen LogP contribution >= 0.6 is 0 Å². The van der Waals surface area contributed by atoms with Crippen molar-refractivity contribution in [2.24, 2.45) is 0 Å². The van der Waals surface area contributed by atoms with E-state index in [2.05, 4.69) is 0 Å². The zero-order valence-corrected chi connectivity index (χ0v) is 8.69. The minimum atomic E-state index is -0.844. The molecule has 2 atom stereocenters. The van der Waals surface area contributed by atoms with Gasteiger partial charge in [0.05, 0.1) is 6.42 Å². The molecule has 1 fully saturated rings. The van der Waals surface area contributed by atoms with Crippen LogP contribution in [0.15, 0.2) is 0 Å². The number of rotatable bonds is 3. The number of likely N-dealkylation sites (tertiary alicyclic amines) is 1. The number of hydrogen-bond acceptors (Lipinski definition) is 2. The number of piperidine rings is 1. The standard InChI is InChI=1S/C10H17NO3/c1-7-4-3-5-9(12)11(7)8(2)6-10(13)14/h7-8H,3-6H2,1-2H3,(H,13,14). The third kappa shape index (κ3) is 2.47. The molecule has 1 aliphatic heterocycles. The molecule has 4 heteroatoms. The van der Waals surface area contributed by atoms with Crippen LogP contribution in [0.25, 0.3) is 0 Å². The normalized spacial score (nSPS) is 24.9. The van der Waals surface area contributed by atoms with E-state index in [0.29, 0.717) is 6.42 Å². The smallest absolute Gasteiger partial charge is 0.305 e. The van der Waals surface area contributed by atoms with Crippen LogP contribution in [0, 0.1) is 0 Å². The molecular weight excluding hydrogens is 182 g/mol. The van der Waals surface area contributed by atoms with Crippen molar-refractivity contribution in [2.45, 2.75) is 51.6 Å². The van der Waals surface area contributed by atoms with Gasteiger partial charge in [0, 0.05) is 18.5 Å². The van der Waals surface area contributed by atoms with Gasteiger partial charge in [0.15, 0.2) is 0 Å². The summed E-state index contributed by atoms with van der Waals surface area (Å²) < 4.78 is 0. The second-order valence-electron chi connectivity index (χ2n) is 3.99. The third-order valence-corrected chi connectivity index (χ3v) is 2.72. The quantitative estimate of drug-likeness (QED) is 0.744. The molecule has 0 aromatic heterocycles. The van der Waals surface area contributed by atoms with E-state index < -0.39 is 5.97 Å². The van der Waals surface area contributed by atoms with Gasteiger partial charge < -0.3 is 10.0 Å². The van der Waals surface area contributed by atoms with Crippen LogP contribution < -0.4 is 0 Å². The zero-order chi connectivity index (χ0) is 10.7. The molecule has 1 rings (SSSR count). The number of carbonyl (C=O) groups excluding carboxylic acids is 1. The van der Waals surface area contributed by atoms with Gasteiger partial charge in [0.1, 0.15) is 0 Å². The van der Waals surface area contributed by atoms with Crippen LogP contribution in [-0.2, 0) is 9.59 Å². The van der Waals surface area contributed by atoms with Crippen molar-refractivity contribution in [3.63, 3.8) is 0 Å². The summed E-state index contributed by atoms with van der Waals surface area (Å²) in [4.78, 5) is 23.8. The van der Waals surface area contributed by atoms with Gasteiger partial charge in [-0.05, 0) is 26.7 Å². The largest absolute Gasteiger partial charge is 0.481 e. The first-order chi connectivity index (χ1) is 6.52.